The van der Waals surface area contributed by atoms with Gasteiger partial charge in [0.15, 0.2) is 5.65 Å². The number of pyridine rings is 4. The highest BCUT2D eigenvalue weighted by Crippen LogP contribution is 2.28. The van der Waals surface area contributed by atoms with Crippen LogP contribution in [-0.2, 0) is 104 Å². The average Bonchev–Trinajstić information content (AvgIpc) is 1.72. The van der Waals surface area contributed by atoms with Crippen LogP contribution in [0.1, 0.15) is 155 Å². The maximum Gasteiger partial charge on any atom is 0.155 e. The van der Waals surface area contributed by atoms with Crippen molar-refractivity contribution < 1.29 is 0 Å². The van der Waals surface area contributed by atoms with Crippen LogP contribution in [0.25, 0.3) is 28.0 Å². The van der Waals surface area contributed by atoms with E-state index in [0.29, 0.717) is 0 Å². The minimum atomic E-state index is 0. The molecule has 37 nitrogen and oxygen atoms in total. The predicted octanol–water partition coefficient (Wildman–Crippen LogP) is 17.4. The Labute approximate surface area is 861 Å². The largest absolute Gasteiger partial charge is 0.371 e. The van der Waals surface area contributed by atoms with Gasteiger partial charge in [0.1, 0.15) is 77.7 Å². The lowest BCUT2D eigenvalue weighted by atomic mass is 10.2. The fraction of sp³-hybridized carbons (Fsp3) is 0.367. The van der Waals surface area contributed by atoms with E-state index in [4.69, 9.17) is 0 Å². The Hall–Kier alpha value is -16.2. The molecule has 17 aromatic heterocycles. The number of aromatic nitrogens is 26. The number of nitrogens with zero attached hydrogens (tertiary/aromatic N) is 33. The van der Waals surface area contributed by atoms with Crippen LogP contribution in [0.3, 0.4) is 0 Å². The molecule has 0 amide bonds. The van der Waals surface area contributed by atoms with Crippen molar-refractivity contribution in [2.24, 2.45) is 25.0 Å². The second-order valence-electron chi connectivity index (χ2n) is 36.2. The summed E-state index contributed by atoms with van der Waals surface area (Å²) in [4.78, 5) is 73.0. The summed E-state index contributed by atoms with van der Waals surface area (Å²) in [7, 11) is 0. The van der Waals surface area contributed by atoms with Crippen molar-refractivity contribution in [1.29, 1.82) is 0 Å². The normalized spacial score (nSPS) is 16.5. The lowest BCUT2D eigenvalue weighted by Crippen LogP contribution is -2.26. The number of allylic oxidation sites excluding steroid dienone is 6. The summed E-state index contributed by atoms with van der Waals surface area (Å²) in [5.41, 5.74) is 14.8. The third kappa shape index (κ3) is 30.0. The number of amidine groups is 1. The first-order valence-corrected chi connectivity index (χ1v) is 52.1. The van der Waals surface area contributed by atoms with E-state index in [9.17, 15) is 0 Å². The number of nitrogens with one attached hydrogen (secondary N) is 4. The van der Waals surface area contributed by atoms with Gasteiger partial charge in [-0.15, -0.1) is 11.3 Å². The van der Waals surface area contributed by atoms with Crippen LogP contribution >= 0.6 is 11.3 Å². The SMILES string of the molecule is C.C1=CCN2CCCC2=C1.C1=CN=C2CCCN2C1.C1=NC=C2CCCN2C1.C1=NCN2CCCC2=C1.C1=NCc2cc[nH]c2N1.C1=NCc2ccsc2N1.c1cc2n(n1)CCC2.c1cc2n(n1)CCC2.c1ccn2ccnc2c1.c1ccn2ccnc2c1.c1ccn2ncnc2c1.c1cn2c(n1)CCC2.c1cn2c(n1)CCC2.c1cn2c(n1)CCC2.c1cnc2cc[nH]c2c1.c1nc2n(n1)CCC2.c1nc2n(n1)CCC2. The fourth-order valence-electron chi connectivity index (χ4n) is 18.8. The number of aromatic amines is 2. The third-order valence-electron chi connectivity index (χ3n) is 26.4. The molecule has 34 rings (SSSR count). The number of imidazole rings is 5. The van der Waals surface area contributed by atoms with E-state index in [1.807, 2.05) is 215 Å². The third-order valence-corrected chi connectivity index (χ3v) is 27.3. The molecule has 4 saturated heterocycles. The van der Waals surface area contributed by atoms with Gasteiger partial charge in [0, 0.05) is 300 Å². The minimum Gasteiger partial charge on any atom is -0.371 e. The fourth-order valence-corrected chi connectivity index (χ4v) is 19.6. The molecule has 0 bridgehead atoms. The van der Waals surface area contributed by atoms with Crippen LogP contribution in [0.2, 0.25) is 0 Å². The Morgan fingerprint density at radius 1 is 0.354 bits per heavy atom. The van der Waals surface area contributed by atoms with Gasteiger partial charge in [-0.3, -0.25) is 43.7 Å². The molecule has 762 valence electrons. The molecule has 0 spiro atoms. The lowest BCUT2D eigenvalue weighted by Gasteiger charge is -2.19. The van der Waals surface area contributed by atoms with E-state index in [0.717, 1.165) is 124 Å². The van der Waals surface area contributed by atoms with Gasteiger partial charge in [-0.1, -0.05) is 37.8 Å². The molecule has 17 aliphatic heterocycles. The van der Waals surface area contributed by atoms with Gasteiger partial charge in [0.05, 0.1) is 48.3 Å². The number of aliphatic imine (C=N–C) groups is 5. The van der Waals surface area contributed by atoms with Gasteiger partial charge in [0.2, 0.25) is 0 Å². The van der Waals surface area contributed by atoms with Crippen molar-refractivity contribution in [3.8, 4) is 0 Å². The van der Waals surface area contributed by atoms with Crippen LogP contribution in [0.5, 0.6) is 0 Å². The Morgan fingerprint density at radius 2 is 0.898 bits per heavy atom. The molecule has 0 radical (unpaired) electrons. The summed E-state index contributed by atoms with van der Waals surface area (Å²) < 4.78 is 20.3. The Balaban J connectivity index is 0.000000107. The number of hydrogen-bond donors (Lipinski definition) is 4. The highest BCUT2D eigenvalue weighted by atomic mass is 32.1. The van der Waals surface area contributed by atoms with Gasteiger partial charge in [0.25, 0.3) is 0 Å². The molecule has 4 fully saturated rings. The molecular weight excluding hydrogens is 1860 g/mol. The zero-order valence-corrected chi connectivity index (χ0v) is 83.9. The summed E-state index contributed by atoms with van der Waals surface area (Å²) >= 11 is 1.72. The maximum atomic E-state index is 4.25. The lowest BCUT2D eigenvalue weighted by molar-refractivity contribution is 0.404. The predicted molar refractivity (Wildman–Crippen MR) is 583 cm³/mol. The van der Waals surface area contributed by atoms with Crippen molar-refractivity contribution in [3.05, 3.63) is 344 Å². The Morgan fingerprint density at radius 3 is 1.49 bits per heavy atom. The number of aryl methyl sites for hydroxylation is 14. The van der Waals surface area contributed by atoms with E-state index in [2.05, 4.69) is 213 Å². The number of rotatable bonds is 0. The molecule has 147 heavy (non-hydrogen) atoms. The molecule has 38 heteroatoms. The monoisotopic (exact) mass is 1990 g/mol. The van der Waals surface area contributed by atoms with Crippen molar-refractivity contribution >= 4 is 81.1 Å². The van der Waals surface area contributed by atoms with Gasteiger partial charge in [-0.25, -0.2) is 49.4 Å². The molecule has 0 aromatic carbocycles. The van der Waals surface area contributed by atoms with E-state index in [-0.39, 0.29) is 7.43 Å². The van der Waals surface area contributed by atoms with Crippen molar-refractivity contribution in [2.75, 3.05) is 63.1 Å². The molecular formula is C109H135N37S. The molecule has 17 aromatic rings. The number of anilines is 2. The topological polar surface area (TPSA) is 359 Å². The first kappa shape index (κ1) is 102. The molecule has 4 N–H and O–H groups in total. The molecule has 0 saturated carbocycles. The molecule has 0 atom stereocenters. The molecule has 34 heterocycles. The van der Waals surface area contributed by atoms with Gasteiger partial charge >= 0.3 is 0 Å². The van der Waals surface area contributed by atoms with E-state index in [1.54, 1.807) is 59.8 Å². The van der Waals surface area contributed by atoms with Crippen LogP contribution in [0.4, 0.5) is 10.8 Å². The maximum absolute atomic E-state index is 4.25. The zero-order chi connectivity index (χ0) is 98.8. The zero-order valence-electron chi connectivity index (χ0n) is 83.0. The summed E-state index contributed by atoms with van der Waals surface area (Å²) in [6.07, 6.45) is 88.4. The van der Waals surface area contributed by atoms with Gasteiger partial charge in [-0.05, 0) is 205 Å². The molecule has 0 aliphatic carbocycles. The number of fused-ring (bicyclic) bond motifs is 17. The van der Waals surface area contributed by atoms with Crippen LogP contribution in [-0.4, -0.2) is 229 Å². The van der Waals surface area contributed by atoms with Crippen molar-refractivity contribution in [3.63, 3.8) is 0 Å². The highest BCUT2D eigenvalue weighted by molar-refractivity contribution is 7.14. The number of hydrogen-bond acceptors (Lipinski definition) is 26. The molecule has 0 unspecified atom stereocenters. The van der Waals surface area contributed by atoms with Crippen LogP contribution < -0.4 is 10.6 Å². The Bertz CT molecular complexity index is 5930. The Kier molecular flexibility index (Phi) is 38.3. The summed E-state index contributed by atoms with van der Waals surface area (Å²) in [6, 6.07) is 31.8. The standard InChI is InChI=1S/C8H11N.3C7H10N2.3C7H6N2.C6H7N3.C6H5N3.C6H6N2S.5C6H8N2.2C5H7N3.CH4/c1-2-6-9-7-3-5-8(9)4-1;1-3-7-8-4-2-6-9(7)5-1;1-2-7-3-4-8-6-9(7)5-1;1-2-7-6-8-3-5-9(7)4-1;1-2-6-7(8-4-1)3-5-9-6;2*1-2-5-9-6-4-8-7(9)3-1;1-2-8-6-5(1)3-7-4-9-6;1-2-4-9-6(3-1)7-5-8-9;1-2-9-6-5(1)3-7-4-8-6;2*1-2-6-3-4-7-8(6)5-1;3*1-2-6-7-3-5-8(6)4-1;2*1-2-5-6-4-7-8(5)3-1;/h1-2,4H,3,5-7H2;2,4H,1,3,5-6H2;3-4H,1-2,5-6H2;3,6H,1-2,4-5H2;1-5,9H;2*1-6H;1-2,4,8H,3H2,(H,7,9);1-5H;1-2,4H,3H2,(H,7,8);2*3-4H,1-2,5H2;3*3,5H,1-2,4H2;2*4H,1-3H2;1H4. The van der Waals surface area contributed by atoms with E-state index in [1.165, 1.54) is 248 Å². The van der Waals surface area contributed by atoms with Crippen LogP contribution in [0.15, 0.2) is 318 Å². The summed E-state index contributed by atoms with van der Waals surface area (Å²) in [5, 5.41) is 29.5. The smallest absolute Gasteiger partial charge is 0.155 e. The van der Waals surface area contributed by atoms with E-state index >= 15 is 0 Å². The van der Waals surface area contributed by atoms with Crippen molar-refractivity contribution in [1.82, 2.24) is 146 Å². The number of H-pyrrole nitrogens is 2. The minimum absolute atomic E-state index is 0. The quantitative estimate of drug-likeness (QED) is 0.110. The molecule has 17 aliphatic rings. The summed E-state index contributed by atoms with van der Waals surface area (Å²) in [5.74, 6) is 8.41. The second-order valence-corrected chi connectivity index (χ2v) is 37.1. The van der Waals surface area contributed by atoms with Crippen molar-refractivity contribution in [2.45, 2.75) is 208 Å². The van der Waals surface area contributed by atoms with Gasteiger partial charge in [-0.2, -0.15) is 25.5 Å². The summed E-state index contributed by atoms with van der Waals surface area (Å²) in [6.45, 7) is 18.6. The average molecular weight is 2000 g/mol. The second kappa shape index (κ2) is 55.1. The van der Waals surface area contributed by atoms with E-state index < -0.39 is 0 Å². The first-order chi connectivity index (χ1) is 72.4. The first-order valence-electron chi connectivity index (χ1n) is 51.3. The van der Waals surface area contributed by atoms with Crippen LogP contribution in [0, 0.1) is 0 Å². The van der Waals surface area contributed by atoms with Gasteiger partial charge < -0.3 is 62.7 Å². The number of thiophene rings is 1. The highest BCUT2D eigenvalue weighted by Gasteiger charge is 2.22.